The molecular formula is C23H24BrClN6O3. The second-order valence-electron chi connectivity index (χ2n) is 8.68. The Morgan fingerprint density at radius 3 is 2.71 bits per heavy atom. The van der Waals surface area contributed by atoms with Crippen molar-refractivity contribution in [2.45, 2.75) is 64.0 Å². The fourth-order valence-corrected chi connectivity index (χ4v) is 4.92. The molecule has 0 bridgehead atoms. The fraction of sp³-hybridized carbons (Fsp3) is 0.435. The van der Waals surface area contributed by atoms with Crippen molar-refractivity contribution in [3.63, 3.8) is 0 Å². The summed E-state index contributed by atoms with van der Waals surface area (Å²) >= 11 is 9.52. The van der Waals surface area contributed by atoms with Crippen molar-refractivity contribution in [2.24, 2.45) is 0 Å². The van der Waals surface area contributed by atoms with Crippen LogP contribution < -0.4 is 11.2 Å². The Hall–Kier alpha value is -2.72. The van der Waals surface area contributed by atoms with Crippen LogP contribution in [0.2, 0.25) is 5.28 Å². The predicted octanol–water partition coefficient (Wildman–Crippen LogP) is 4.20. The SMILES string of the molecule is CCCCn1c(=O)n(CCCc2nc(C3(c4cccc(Br)c4)CC3)no2)c(=O)c2[nH]c(Cl)nc21. The first-order chi connectivity index (χ1) is 16.4. The van der Waals surface area contributed by atoms with Crippen molar-refractivity contribution in [2.75, 3.05) is 0 Å². The van der Waals surface area contributed by atoms with Crippen LogP contribution >= 0.6 is 27.5 Å². The van der Waals surface area contributed by atoms with Gasteiger partial charge in [0.25, 0.3) is 5.56 Å². The molecule has 11 heteroatoms. The number of nitrogens with zero attached hydrogens (tertiary/aromatic N) is 5. The quantitative estimate of drug-likeness (QED) is 0.314. The summed E-state index contributed by atoms with van der Waals surface area (Å²) < 4.78 is 9.28. The molecule has 0 atom stereocenters. The van der Waals surface area contributed by atoms with Crippen LogP contribution in [0.4, 0.5) is 0 Å². The molecule has 3 heterocycles. The maximum absolute atomic E-state index is 13.1. The average molecular weight is 548 g/mol. The van der Waals surface area contributed by atoms with Crippen LogP contribution in [0.1, 0.15) is 56.3 Å². The lowest BCUT2D eigenvalue weighted by Gasteiger charge is -2.11. The number of hydrogen-bond donors (Lipinski definition) is 1. The molecule has 1 aliphatic rings. The highest BCUT2D eigenvalue weighted by molar-refractivity contribution is 9.10. The smallest absolute Gasteiger partial charge is 0.332 e. The number of benzene rings is 1. The van der Waals surface area contributed by atoms with Gasteiger partial charge in [0.1, 0.15) is 0 Å². The van der Waals surface area contributed by atoms with Gasteiger partial charge >= 0.3 is 5.69 Å². The predicted molar refractivity (Wildman–Crippen MR) is 131 cm³/mol. The van der Waals surface area contributed by atoms with Crippen molar-refractivity contribution in [3.8, 4) is 0 Å². The number of unbranched alkanes of at least 4 members (excludes halogenated alkanes) is 1. The Morgan fingerprint density at radius 2 is 1.97 bits per heavy atom. The van der Waals surface area contributed by atoms with E-state index in [2.05, 4.69) is 48.2 Å². The van der Waals surface area contributed by atoms with Crippen molar-refractivity contribution in [3.05, 3.63) is 72.1 Å². The van der Waals surface area contributed by atoms with Gasteiger partial charge < -0.3 is 9.51 Å². The first kappa shape index (κ1) is 23.0. The van der Waals surface area contributed by atoms with Crippen molar-refractivity contribution in [1.82, 2.24) is 29.2 Å². The normalized spacial score (nSPS) is 14.7. The number of H-pyrrole nitrogens is 1. The highest BCUT2D eigenvalue weighted by atomic mass is 79.9. The highest BCUT2D eigenvalue weighted by Gasteiger charge is 2.50. The van der Waals surface area contributed by atoms with Crippen LogP contribution in [-0.4, -0.2) is 29.2 Å². The molecule has 1 N–H and O–H groups in total. The van der Waals surface area contributed by atoms with Crippen LogP contribution in [0.15, 0.2) is 42.9 Å². The third kappa shape index (κ3) is 4.13. The Balaban J connectivity index is 1.34. The highest BCUT2D eigenvalue weighted by Crippen LogP contribution is 2.52. The number of aryl methyl sites for hydroxylation is 2. The molecule has 0 unspecified atom stereocenters. The summed E-state index contributed by atoms with van der Waals surface area (Å²) in [6, 6.07) is 8.18. The summed E-state index contributed by atoms with van der Waals surface area (Å²) in [5, 5.41) is 4.34. The number of aromatic amines is 1. The Labute approximate surface area is 208 Å². The fourth-order valence-electron chi connectivity index (χ4n) is 4.35. The largest absolute Gasteiger partial charge is 0.339 e. The minimum absolute atomic E-state index is 0.0901. The van der Waals surface area contributed by atoms with E-state index >= 15 is 0 Å². The Morgan fingerprint density at radius 1 is 1.18 bits per heavy atom. The third-order valence-corrected chi connectivity index (χ3v) is 7.04. The van der Waals surface area contributed by atoms with Crippen LogP contribution in [0.3, 0.4) is 0 Å². The lowest BCUT2D eigenvalue weighted by atomic mass is 9.95. The maximum Gasteiger partial charge on any atom is 0.332 e. The molecule has 3 aromatic heterocycles. The molecule has 0 saturated heterocycles. The molecule has 0 amide bonds. The molecule has 4 aromatic rings. The molecule has 0 spiro atoms. The van der Waals surface area contributed by atoms with Crippen LogP contribution in [0.5, 0.6) is 0 Å². The van der Waals surface area contributed by atoms with Gasteiger partial charge in [0.05, 0.1) is 5.41 Å². The van der Waals surface area contributed by atoms with E-state index in [1.54, 1.807) is 0 Å². The molecule has 0 aliphatic heterocycles. The van der Waals surface area contributed by atoms with Crippen LogP contribution in [0.25, 0.3) is 11.2 Å². The molecule has 1 saturated carbocycles. The van der Waals surface area contributed by atoms with E-state index in [9.17, 15) is 9.59 Å². The van der Waals surface area contributed by atoms with E-state index in [1.807, 2.05) is 19.1 Å². The summed E-state index contributed by atoms with van der Waals surface area (Å²) in [6.45, 7) is 2.74. The van der Waals surface area contributed by atoms with Gasteiger partial charge in [-0.25, -0.2) is 4.79 Å². The molecule has 178 valence electrons. The van der Waals surface area contributed by atoms with E-state index in [-0.39, 0.29) is 28.4 Å². The number of nitrogens with one attached hydrogen (secondary N) is 1. The van der Waals surface area contributed by atoms with E-state index in [0.717, 1.165) is 30.2 Å². The number of halogens is 2. The lowest BCUT2D eigenvalue weighted by Crippen LogP contribution is -2.40. The minimum Gasteiger partial charge on any atom is -0.339 e. The molecule has 1 aromatic carbocycles. The van der Waals surface area contributed by atoms with Gasteiger partial charge in [-0.3, -0.25) is 13.9 Å². The Kier molecular flexibility index (Phi) is 6.20. The molecule has 5 rings (SSSR count). The zero-order valence-electron chi connectivity index (χ0n) is 18.7. The van der Waals surface area contributed by atoms with Crippen LogP contribution in [0, 0.1) is 0 Å². The number of fused-ring (bicyclic) bond motifs is 1. The maximum atomic E-state index is 13.1. The van der Waals surface area contributed by atoms with Crippen molar-refractivity contribution < 1.29 is 4.52 Å². The lowest BCUT2D eigenvalue weighted by molar-refractivity contribution is 0.364. The molecule has 9 nitrogen and oxygen atoms in total. The molecular weight excluding hydrogens is 524 g/mol. The number of imidazole rings is 1. The molecule has 1 fully saturated rings. The van der Waals surface area contributed by atoms with Gasteiger partial charge in [-0.2, -0.15) is 9.97 Å². The van der Waals surface area contributed by atoms with E-state index in [4.69, 9.17) is 16.1 Å². The third-order valence-electron chi connectivity index (χ3n) is 6.36. The molecule has 34 heavy (non-hydrogen) atoms. The van der Waals surface area contributed by atoms with Crippen LogP contribution in [-0.2, 0) is 24.9 Å². The van der Waals surface area contributed by atoms with Gasteiger partial charge in [-0.15, -0.1) is 0 Å². The monoisotopic (exact) mass is 546 g/mol. The molecule has 1 aliphatic carbocycles. The standard InChI is InChI=1S/C23H24BrClN6O3/c1-2-3-11-30-18-17(27-21(25)28-18)19(32)31(22(30)33)12-5-8-16-26-20(29-34-16)23(9-10-23)14-6-4-7-15(24)13-14/h4,6-7,13H,2-3,5,8-12H2,1H3,(H,27,28). The number of hydrogen-bond acceptors (Lipinski definition) is 6. The first-order valence-electron chi connectivity index (χ1n) is 11.4. The average Bonchev–Trinajstić information content (AvgIpc) is 3.33. The minimum atomic E-state index is -0.426. The van der Waals surface area contributed by atoms with Gasteiger partial charge in [0.2, 0.25) is 11.2 Å². The first-order valence-corrected chi connectivity index (χ1v) is 12.6. The topological polar surface area (TPSA) is 112 Å². The van der Waals surface area contributed by atoms with E-state index in [1.165, 1.54) is 14.7 Å². The summed E-state index contributed by atoms with van der Waals surface area (Å²) in [6.07, 6.45) is 4.62. The van der Waals surface area contributed by atoms with E-state index in [0.29, 0.717) is 36.7 Å². The second kappa shape index (κ2) is 9.14. The number of rotatable bonds is 9. The van der Waals surface area contributed by atoms with Gasteiger partial charge in [0, 0.05) is 24.0 Å². The Bertz CT molecular complexity index is 1470. The van der Waals surface area contributed by atoms with Gasteiger partial charge in [-0.05, 0) is 55.0 Å². The van der Waals surface area contributed by atoms with E-state index < -0.39 is 5.56 Å². The molecule has 0 radical (unpaired) electrons. The van der Waals surface area contributed by atoms with Gasteiger partial charge in [-0.1, -0.05) is 46.6 Å². The van der Waals surface area contributed by atoms with Gasteiger partial charge in [0.15, 0.2) is 17.0 Å². The van der Waals surface area contributed by atoms with Crippen molar-refractivity contribution >= 4 is 38.7 Å². The van der Waals surface area contributed by atoms with Crippen molar-refractivity contribution in [1.29, 1.82) is 0 Å². The number of aromatic nitrogens is 6. The summed E-state index contributed by atoms with van der Waals surface area (Å²) in [4.78, 5) is 37.6. The zero-order chi connectivity index (χ0) is 23.9. The summed E-state index contributed by atoms with van der Waals surface area (Å²) in [5.74, 6) is 1.19. The summed E-state index contributed by atoms with van der Waals surface area (Å²) in [5.41, 5.74) is 0.705. The summed E-state index contributed by atoms with van der Waals surface area (Å²) in [7, 11) is 0. The second-order valence-corrected chi connectivity index (χ2v) is 9.95. The zero-order valence-corrected chi connectivity index (χ0v) is 21.0.